The molecule has 1 aliphatic rings. The van der Waals surface area contributed by atoms with Gasteiger partial charge < -0.3 is 14.3 Å². The molecule has 8 heteroatoms. The Kier molecular flexibility index (Phi) is 6.66. The number of β-amino-alcohol motifs (C(OH)–C–C–N with tert-alkyl or cyclic N) is 1. The van der Waals surface area contributed by atoms with Crippen molar-refractivity contribution in [3.05, 3.63) is 29.8 Å². The first-order valence-electron chi connectivity index (χ1n) is 9.21. The Bertz CT molecular complexity index is 614. The van der Waals surface area contributed by atoms with E-state index in [-0.39, 0.29) is 16.9 Å². The van der Waals surface area contributed by atoms with Crippen LogP contribution in [0.5, 0.6) is 5.75 Å². The van der Waals surface area contributed by atoms with Crippen LogP contribution in [0.4, 0.5) is 13.2 Å². The minimum Gasteiger partial charge on any atom is -0.413 e. The number of aliphatic hydroxyl groups excluding tert-OH is 1. The predicted octanol–water partition coefficient (Wildman–Crippen LogP) is 4.71. The number of rotatable bonds is 6. The van der Waals surface area contributed by atoms with Gasteiger partial charge in [-0.25, -0.2) is 0 Å². The van der Waals surface area contributed by atoms with E-state index in [9.17, 15) is 18.3 Å². The maximum absolute atomic E-state index is 12.2. The Morgan fingerprint density at radius 1 is 1.19 bits per heavy atom. The minimum atomic E-state index is -4.71. The van der Waals surface area contributed by atoms with Crippen molar-refractivity contribution >= 4 is 8.32 Å². The molecule has 0 radical (unpaired) electrons. The van der Waals surface area contributed by atoms with E-state index in [1.165, 1.54) is 24.3 Å². The summed E-state index contributed by atoms with van der Waals surface area (Å²) in [4.78, 5) is 2.14. The second kappa shape index (κ2) is 8.11. The standard InChI is InChI=1S/C19H30F3NO3Si/c1-18(2,3)27(4,5)26-16-10-11-23(12-16)13-17(24)14-6-8-15(9-7-14)25-19(20,21)22/h6-9,16-17,24H,10-13H2,1-5H3/t16-,17+/m0/s1. The molecule has 0 aromatic heterocycles. The van der Waals surface area contributed by atoms with Crippen LogP contribution in [0.3, 0.4) is 0 Å². The Hall–Kier alpha value is -1.09. The van der Waals surface area contributed by atoms with E-state index in [4.69, 9.17) is 4.43 Å². The lowest BCUT2D eigenvalue weighted by molar-refractivity contribution is -0.274. The van der Waals surface area contributed by atoms with Gasteiger partial charge in [0.25, 0.3) is 0 Å². The van der Waals surface area contributed by atoms with E-state index in [0.29, 0.717) is 12.1 Å². The molecule has 0 aliphatic carbocycles. The first kappa shape index (κ1) is 22.2. The van der Waals surface area contributed by atoms with E-state index in [2.05, 4.69) is 43.5 Å². The Labute approximate surface area is 160 Å². The van der Waals surface area contributed by atoms with Gasteiger partial charge in [-0.1, -0.05) is 32.9 Å². The zero-order valence-electron chi connectivity index (χ0n) is 16.6. The van der Waals surface area contributed by atoms with Gasteiger partial charge in [-0.2, -0.15) is 0 Å². The molecule has 27 heavy (non-hydrogen) atoms. The Morgan fingerprint density at radius 2 is 1.78 bits per heavy atom. The van der Waals surface area contributed by atoms with Crippen LogP contribution in [0.1, 0.15) is 38.9 Å². The number of ether oxygens (including phenoxy) is 1. The van der Waals surface area contributed by atoms with Crippen LogP contribution in [0.15, 0.2) is 24.3 Å². The molecule has 2 atom stereocenters. The van der Waals surface area contributed by atoms with Gasteiger partial charge in [-0.3, -0.25) is 4.90 Å². The fourth-order valence-electron chi connectivity index (χ4n) is 2.89. The molecule has 4 nitrogen and oxygen atoms in total. The normalized spacial score (nSPS) is 20.7. The molecule has 1 fully saturated rings. The van der Waals surface area contributed by atoms with Crippen LogP contribution in [-0.2, 0) is 4.43 Å². The van der Waals surface area contributed by atoms with Crippen LogP contribution >= 0.6 is 0 Å². The molecule has 1 saturated heterocycles. The number of benzene rings is 1. The summed E-state index contributed by atoms with van der Waals surface area (Å²) in [6.07, 6.45) is -4.39. The number of nitrogens with zero attached hydrogens (tertiary/aromatic N) is 1. The highest BCUT2D eigenvalue weighted by Gasteiger charge is 2.40. The number of hydrogen-bond acceptors (Lipinski definition) is 4. The number of likely N-dealkylation sites (tertiary alicyclic amines) is 1. The molecule has 2 rings (SSSR count). The molecule has 1 aromatic rings. The van der Waals surface area contributed by atoms with Crippen LogP contribution in [0, 0.1) is 0 Å². The van der Waals surface area contributed by atoms with Crippen molar-refractivity contribution in [2.24, 2.45) is 0 Å². The molecule has 1 N–H and O–H groups in total. The molecule has 0 spiro atoms. The smallest absolute Gasteiger partial charge is 0.413 e. The molecule has 1 heterocycles. The summed E-state index contributed by atoms with van der Waals surface area (Å²) in [5.41, 5.74) is 0.568. The monoisotopic (exact) mass is 405 g/mol. The predicted molar refractivity (Wildman–Crippen MR) is 101 cm³/mol. The van der Waals surface area contributed by atoms with Gasteiger partial charge in [0, 0.05) is 19.6 Å². The van der Waals surface area contributed by atoms with Crippen LogP contribution < -0.4 is 4.74 Å². The third-order valence-electron chi connectivity index (χ3n) is 5.43. The van der Waals surface area contributed by atoms with Gasteiger partial charge in [-0.05, 0) is 42.2 Å². The first-order valence-corrected chi connectivity index (χ1v) is 12.1. The molecule has 154 valence electrons. The molecular weight excluding hydrogens is 375 g/mol. The topological polar surface area (TPSA) is 41.9 Å². The van der Waals surface area contributed by atoms with Crippen molar-refractivity contribution in [2.45, 2.75) is 63.9 Å². The van der Waals surface area contributed by atoms with E-state index >= 15 is 0 Å². The SMILES string of the molecule is CC(C)(C)[Si](C)(C)O[C@H]1CCN(C[C@@H](O)c2ccc(OC(F)(F)F)cc2)C1. The van der Waals surface area contributed by atoms with Gasteiger partial charge in [0.15, 0.2) is 8.32 Å². The van der Waals surface area contributed by atoms with Crippen LogP contribution in [0.25, 0.3) is 0 Å². The number of aliphatic hydroxyl groups is 1. The lowest BCUT2D eigenvalue weighted by Crippen LogP contribution is -2.44. The summed E-state index contributed by atoms with van der Waals surface area (Å²) in [7, 11) is -1.82. The highest BCUT2D eigenvalue weighted by Crippen LogP contribution is 2.38. The van der Waals surface area contributed by atoms with Gasteiger partial charge >= 0.3 is 6.36 Å². The average molecular weight is 406 g/mol. The van der Waals surface area contributed by atoms with Crippen molar-refractivity contribution in [3.63, 3.8) is 0 Å². The Balaban J connectivity index is 1.87. The summed E-state index contributed by atoms with van der Waals surface area (Å²) in [5.74, 6) is -0.289. The zero-order chi connectivity index (χ0) is 20.5. The maximum Gasteiger partial charge on any atom is 0.573 e. The molecule has 1 aromatic carbocycles. The summed E-state index contributed by atoms with van der Waals surface area (Å²) in [6.45, 7) is 13.1. The third-order valence-corrected chi connectivity index (χ3v) is 9.96. The van der Waals surface area contributed by atoms with Gasteiger partial charge in [0.2, 0.25) is 0 Å². The minimum absolute atomic E-state index is 0.153. The molecule has 0 amide bonds. The summed E-state index contributed by atoms with van der Waals surface area (Å²) in [5, 5.41) is 10.6. The molecule has 0 bridgehead atoms. The third kappa shape index (κ3) is 6.48. The van der Waals surface area contributed by atoms with Crippen molar-refractivity contribution in [1.82, 2.24) is 4.90 Å². The fourth-order valence-corrected chi connectivity index (χ4v) is 4.27. The summed E-state index contributed by atoms with van der Waals surface area (Å²) in [6, 6.07) is 5.37. The van der Waals surface area contributed by atoms with Crippen molar-refractivity contribution in [1.29, 1.82) is 0 Å². The highest BCUT2D eigenvalue weighted by molar-refractivity contribution is 6.74. The largest absolute Gasteiger partial charge is 0.573 e. The second-order valence-electron chi connectivity index (χ2n) is 8.68. The van der Waals surface area contributed by atoms with Gasteiger partial charge in [0.05, 0.1) is 12.2 Å². The molecular formula is C19H30F3NO3Si. The van der Waals surface area contributed by atoms with Crippen molar-refractivity contribution in [2.75, 3.05) is 19.6 Å². The lowest BCUT2D eigenvalue weighted by atomic mass is 10.1. The number of hydrogen-bond donors (Lipinski definition) is 1. The lowest BCUT2D eigenvalue weighted by Gasteiger charge is -2.38. The van der Waals surface area contributed by atoms with Crippen molar-refractivity contribution in [3.8, 4) is 5.75 Å². The summed E-state index contributed by atoms with van der Waals surface area (Å²) < 4.78 is 46.9. The van der Waals surface area contributed by atoms with Crippen molar-refractivity contribution < 1.29 is 27.4 Å². The van der Waals surface area contributed by atoms with Crippen LogP contribution in [-0.4, -0.2) is 50.4 Å². The van der Waals surface area contributed by atoms with E-state index in [1.54, 1.807) is 0 Å². The fraction of sp³-hybridized carbons (Fsp3) is 0.684. The highest BCUT2D eigenvalue weighted by atomic mass is 28.4. The maximum atomic E-state index is 12.2. The number of halogens is 3. The average Bonchev–Trinajstić information content (AvgIpc) is 2.91. The van der Waals surface area contributed by atoms with E-state index < -0.39 is 20.8 Å². The van der Waals surface area contributed by atoms with E-state index in [0.717, 1.165) is 19.5 Å². The summed E-state index contributed by atoms with van der Waals surface area (Å²) >= 11 is 0. The Morgan fingerprint density at radius 3 is 2.30 bits per heavy atom. The number of alkyl halides is 3. The first-order chi connectivity index (χ1) is 12.3. The quantitative estimate of drug-likeness (QED) is 0.696. The molecule has 1 aliphatic heterocycles. The molecule has 0 saturated carbocycles. The van der Waals surface area contributed by atoms with E-state index in [1.807, 2.05) is 0 Å². The zero-order valence-corrected chi connectivity index (χ0v) is 17.6. The molecule has 0 unspecified atom stereocenters. The van der Waals surface area contributed by atoms with Gasteiger partial charge in [-0.15, -0.1) is 13.2 Å². The van der Waals surface area contributed by atoms with Gasteiger partial charge in [0.1, 0.15) is 5.75 Å². The second-order valence-corrected chi connectivity index (χ2v) is 13.4. The van der Waals surface area contributed by atoms with Crippen LogP contribution in [0.2, 0.25) is 18.1 Å².